The fourth-order valence-corrected chi connectivity index (χ4v) is 3.40. The van der Waals surface area contributed by atoms with Crippen molar-refractivity contribution in [2.45, 2.75) is 13.3 Å². The molecule has 0 spiro atoms. The monoisotopic (exact) mass is 345 g/mol. The molecular weight excluding hydrogens is 322 g/mol. The number of carbonyl (C=O) groups excluding carboxylic acids is 3. The number of ether oxygens (including phenoxy) is 1. The van der Waals surface area contributed by atoms with Crippen molar-refractivity contribution in [1.29, 1.82) is 0 Å². The Morgan fingerprint density at radius 3 is 2.20 bits per heavy atom. The summed E-state index contributed by atoms with van der Waals surface area (Å²) in [6, 6.07) is 7.78. The van der Waals surface area contributed by atoms with E-state index in [0.717, 1.165) is 37.6 Å². The van der Waals surface area contributed by atoms with E-state index in [0.29, 0.717) is 6.54 Å². The minimum atomic E-state index is -0.392. The summed E-state index contributed by atoms with van der Waals surface area (Å²) in [5.41, 5.74) is 1.87. The van der Waals surface area contributed by atoms with Gasteiger partial charge in [-0.25, -0.2) is 0 Å². The third-order valence-electron chi connectivity index (χ3n) is 4.91. The van der Waals surface area contributed by atoms with Crippen molar-refractivity contribution in [2.75, 3.05) is 49.6 Å². The number of hydrogen-bond acceptors (Lipinski definition) is 5. The first-order valence-electron chi connectivity index (χ1n) is 8.48. The van der Waals surface area contributed by atoms with Gasteiger partial charge in [0.15, 0.2) is 0 Å². The van der Waals surface area contributed by atoms with Gasteiger partial charge in [-0.05, 0) is 24.3 Å². The molecule has 2 fully saturated rings. The highest BCUT2D eigenvalue weighted by atomic mass is 16.5. The first kappa shape index (κ1) is 17.3. The molecule has 0 aliphatic carbocycles. The fraction of sp³-hybridized carbons (Fsp3) is 0.500. The number of methoxy groups -OCH3 is 1. The van der Waals surface area contributed by atoms with Gasteiger partial charge in [-0.1, -0.05) is 0 Å². The van der Waals surface area contributed by atoms with Crippen molar-refractivity contribution in [3.8, 4) is 0 Å². The van der Waals surface area contributed by atoms with Gasteiger partial charge in [0.05, 0.1) is 13.0 Å². The Morgan fingerprint density at radius 1 is 1.04 bits per heavy atom. The first-order valence-corrected chi connectivity index (χ1v) is 8.48. The number of piperazine rings is 1. The predicted molar refractivity (Wildman–Crippen MR) is 93.4 cm³/mol. The van der Waals surface area contributed by atoms with Gasteiger partial charge in [-0.15, -0.1) is 0 Å². The largest absolute Gasteiger partial charge is 0.469 e. The van der Waals surface area contributed by atoms with E-state index in [4.69, 9.17) is 4.74 Å². The van der Waals surface area contributed by atoms with Crippen LogP contribution < -0.4 is 9.80 Å². The van der Waals surface area contributed by atoms with Crippen LogP contribution in [0.25, 0.3) is 0 Å². The topological polar surface area (TPSA) is 70.2 Å². The molecule has 0 unspecified atom stereocenters. The third-order valence-corrected chi connectivity index (χ3v) is 4.91. The van der Waals surface area contributed by atoms with E-state index in [1.165, 1.54) is 7.11 Å². The average molecular weight is 345 g/mol. The van der Waals surface area contributed by atoms with Crippen LogP contribution in [0.5, 0.6) is 0 Å². The molecule has 3 rings (SSSR count). The Balaban J connectivity index is 1.64. The Morgan fingerprint density at radius 2 is 1.64 bits per heavy atom. The molecule has 1 aromatic rings. The SMILES string of the molecule is COC(=O)[C@H]1CC(=O)N(c2ccc(N3CCN(C(C)=O)CC3)cc2)C1. The number of benzene rings is 1. The molecule has 7 heteroatoms. The molecule has 1 atom stereocenters. The standard InChI is InChI=1S/C18H23N3O4/c1-13(22)19-7-9-20(10-8-19)15-3-5-16(6-4-15)21-12-14(11-17(21)23)18(24)25-2/h3-6,14H,7-12H2,1-2H3/t14-/m0/s1. The van der Waals surface area contributed by atoms with Crippen LogP contribution in [-0.2, 0) is 19.1 Å². The molecule has 0 aromatic heterocycles. The maximum Gasteiger partial charge on any atom is 0.311 e. The van der Waals surface area contributed by atoms with Crippen molar-refractivity contribution >= 4 is 29.2 Å². The van der Waals surface area contributed by atoms with Crippen molar-refractivity contribution in [2.24, 2.45) is 5.92 Å². The molecule has 2 saturated heterocycles. The van der Waals surface area contributed by atoms with Gasteiger partial charge in [0.1, 0.15) is 0 Å². The lowest BCUT2D eigenvalue weighted by Gasteiger charge is -2.35. The summed E-state index contributed by atoms with van der Waals surface area (Å²) in [5.74, 6) is -0.673. The quantitative estimate of drug-likeness (QED) is 0.761. The van der Waals surface area contributed by atoms with E-state index in [2.05, 4.69) is 4.90 Å². The first-order chi connectivity index (χ1) is 12.0. The fourth-order valence-electron chi connectivity index (χ4n) is 3.40. The molecule has 0 bridgehead atoms. The Bertz CT molecular complexity index is 665. The Labute approximate surface area is 147 Å². The van der Waals surface area contributed by atoms with E-state index in [9.17, 15) is 14.4 Å². The Kier molecular flexibility index (Phi) is 4.92. The molecule has 2 amide bonds. The molecule has 0 saturated carbocycles. The second-order valence-corrected chi connectivity index (χ2v) is 6.44. The van der Waals surface area contributed by atoms with Crippen LogP contribution in [0.4, 0.5) is 11.4 Å². The van der Waals surface area contributed by atoms with Crippen molar-refractivity contribution in [1.82, 2.24) is 4.90 Å². The average Bonchev–Trinajstić information content (AvgIpc) is 3.03. The molecule has 2 aliphatic heterocycles. The maximum absolute atomic E-state index is 12.2. The summed E-state index contributed by atoms with van der Waals surface area (Å²) >= 11 is 0. The number of amides is 2. The normalized spacial score (nSPS) is 20.8. The molecule has 2 aliphatic rings. The van der Waals surface area contributed by atoms with Crippen LogP contribution in [-0.4, -0.2) is 62.5 Å². The van der Waals surface area contributed by atoms with Crippen LogP contribution in [0, 0.1) is 5.92 Å². The zero-order valence-corrected chi connectivity index (χ0v) is 14.6. The van der Waals surface area contributed by atoms with Crippen molar-refractivity contribution in [3.63, 3.8) is 0 Å². The molecular formula is C18H23N3O4. The number of carbonyl (C=O) groups is 3. The summed E-state index contributed by atoms with van der Waals surface area (Å²) in [4.78, 5) is 40.9. The van der Waals surface area contributed by atoms with E-state index < -0.39 is 5.92 Å². The number of hydrogen-bond donors (Lipinski definition) is 0. The van der Waals surface area contributed by atoms with Crippen LogP contribution in [0.2, 0.25) is 0 Å². The number of nitrogens with zero attached hydrogens (tertiary/aromatic N) is 3. The van der Waals surface area contributed by atoms with E-state index in [-0.39, 0.29) is 24.2 Å². The second kappa shape index (κ2) is 7.13. The number of rotatable bonds is 3. The minimum absolute atomic E-state index is 0.0572. The van der Waals surface area contributed by atoms with Gasteiger partial charge >= 0.3 is 5.97 Å². The highest BCUT2D eigenvalue weighted by molar-refractivity contribution is 5.99. The summed E-state index contributed by atoms with van der Waals surface area (Å²) in [6.07, 6.45) is 0.196. The highest BCUT2D eigenvalue weighted by Gasteiger charge is 2.35. The van der Waals surface area contributed by atoms with Crippen LogP contribution in [0.1, 0.15) is 13.3 Å². The van der Waals surface area contributed by atoms with Crippen LogP contribution in [0.15, 0.2) is 24.3 Å². The highest BCUT2D eigenvalue weighted by Crippen LogP contribution is 2.28. The predicted octanol–water partition coefficient (Wildman–Crippen LogP) is 0.881. The summed E-state index contributed by atoms with van der Waals surface area (Å²) < 4.78 is 4.74. The molecule has 25 heavy (non-hydrogen) atoms. The van der Waals surface area contributed by atoms with E-state index in [1.54, 1.807) is 11.8 Å². The molecule has 0 N–H and O–H groups in total. The maximum atomic E-state index is 12.2. The smallest absolute Gasteiger partial charge is 0.311 e. The zero-order valence-electron chi connectivity index (χ0n) is 14.6. The minimum Gasteiger partial charge on any atom is -0.469 e. The van der Waals surface area contributed by atoms with Crippen LogP contribution >= 0.6 is 0 Å². The lowest BCUT2D eigenvalue weighted by molar-refractivity contribution is -0.145. The van der Waals surface area contributed by atoms with Gasteiger partial charge in [-0.2, -0.15) is 0 Å². The summed E-state index contributed by atoms with van der Waals surface area (Å²) in [6.45, 7) is 5.00. The van der Waals surface area contributed by atoms with Gasteiger partial charge in [0, 0.05) is 57.4 Å². The van der Waals surface area contributed by atoms with Gasteiger partial charge in [0.25, 0.3) is 0 Å². The van der Waals surface area contributed by atoms with Crippen molar-refractivity contribution in [3.05, 3.63) is 24.3 Å². The molecule has 1 aromatic carbocycles. The molecule has 7 nitrogen and oxygen atoms in total. The molecule has 134 valence electrons. The molecule has 0 radical (unpaired) electrons. The third kappa shape index (κ3) is 3.60. The van der Waals surface area contributed by atoms with Gasteiger partial charge < -0.3 is 19.4 Å². The summed E-state index contributed by atoms with van der Waals surface area (Å²) in [5, 5.41) is 0. The summed E-state index contributed by atoms with van der Waals surface area (Å²) in [7, 11) is 1.34. The lowest BCUT2D eigenvalue weighted by atomic mass is 10.1. The zero-order chi connectivity index (χ0) is 18.0. The van der Waals surface area contributed by atoms with Crippen LogP contribution in [0.3, 0.4) is 0 Å². The van der Waals surface area contributed by atoms with E-state index in [1.807, 2.05) is 29.2 Å². The lowest BCUT2D eigenvalue weighted by Crippen LogP contribution is -2.48. The second-order valence-electron chi connectivity index (χ2n) is 6.44. The van der Waals surface area contributed by atoms with E-state index >= 15 is 0 Å². The van der Waals surface area contributed by atoms with Gasteiger partial charge in [-0.3, -0.25) is 14.4 Å². The Hall–Kier alpha value is -2.57. The van der Waals surface area contributed by atoms with Gasteiger partial charge in [0.2, 0.25) is 11.8 Å². The number of esters is 1. The number of anilines is 2. The van der Waals surface area contributed by atoms with Crippen molar-refractivity contribution < 1.29 is 19.1 Å². The molecule has 2 heterocycles.